The lowest BCUT2D eigenvalue weighted by molar-refractivity contribution is -0.145. The molecule has 0 spiro atoms. The number of ketones is 1. The number of thiophene rings is 1. The first-order chi connectivity index (χ1) is 21.4. The monoisotopic (exact) mass is 649 g/mol. The molecule has 2 heterocycles. The van der Waals surface area contributed by atoms with Gasteiger partial charge in [0.05, 0.1) is 48.8 Å². The number of amides is 1. The molecule has 14 heteroatoms. The number of carbonyl (C=O) groups excluding carboxylic acids is 2. The fraction of sp³-hybridized carbons (Fsp3) is 0.419. The number of fused-ring (bicyclic) bond motifs is 2. The second kappa shape index (κ2) is 14.1. The van der Waals surface area contributed by atoms with Crippen LogP contribution in [-0.4, -0.2) is 66.2 Å². The minimum atomic E-state index is -1.10. The summed E-state index contributed by atoms with van der Waals surface area (Å²) < 4.78 is 52.8. The molecule has 1 aliphatic rings. The summed E-state index contributed by atoms with van der Waals surface area (Å²) in [6.07, 6.45) is -0.126. The van der Waals surface area contributed by atoms with Crippen molar-refractivity contribution in [1.82, 2.24) is 4.90 Å². The van der Waals surface area contributed by atoms with Gasteiger partial charge in [0.15, 0.2) is 40.4 Å². The molecule has 0 radical (unpaired) electrons. The second-order valence-electron chi connectivity index (χ2n) is 10.7. The SMILES string of the molecule is COc1c(OCCCOc2cc3cc(C(=O)CC(C)C(=O)O)sc3c(F)c2OC)cc2c(c1F)CN(C(=O)CC(C)C(=O)O)C2. The molecule has 242 valence electrons. The van der Waals surface area contributed by atoms with Gasteiger partial charge in [0, 0.05) is 43.3 Å². The molecule has 4 rings (SSSR count). The van der Waals surface area contributed by atoms with Crippen molar-refractivity contribution in [3.63, 3.8) is 0 Å². The van der Waals surface area contributed by atoms with Gasteiger partial charge in [0.25, 0.3) is 0 Å². The molecule has 3 aromatic rings. The van der Waals surface area contributed by atoms with E-state index >= 15 is 8.78 Å². The topological polar surface area (TPSA) is 149 Å². The van der Waals surface area contributed by atoms with Crippen molar-refractivity contribution in [2.75, 3.05) is 27.4 Å². The number of halogens is 2. The lowest BCUT2D eigenvalue weighted by Crippen LogP contribution is -2.28. The maximum Gasteiger partial charge on any atom is 0.306 e. The number of carbonyl (C=O) groups is 4. The first kappa shape index (κ1) is 33.4. The van der Waals surface area contributed by atoms with Crippen molar-refractivity contribution >= 4 is 45.1 Å². The van der Waals surface area contributed by atoms with Gasteiger partial charge in [-0.1, -0.05) is 13.8 Å². The number of benzene rings is 2. The van der Waals surface area contributed by atoms with Crippen molar-refractivity contribution in [3.8, 4) is 23.0 Å². The standard InChI is InChI=1S/C31H33F2NO10S/c1-15(30(37)38)8-20(35)23-12-17-10-21(28(42-4)26(33)29(17)45-23)43-6-5-7-44-22-11-18-13-34(24(36)9-16(2)31(39)40)14-19(18)25(32)27(22)41-3/h10-12,15-16H,5-9,13-14H2,1-4H3,(H,37,38)(H,39,40). The lowest BCUT2D eigenvalue weighted by atomic mass is 10.0. The quantitative estimate of drug-likeness (QED) is 0.164. The minimum Gasteiger partial charge on any atom is -0.490 e. The van der Waals surface area contributed by atoms with E-state index in [0.29, 0.717) is 17.4 Å². The summed E-state index contributed by atoms with van der Waals surface area (Å²) in [4.78, 5) is 49.0. The smallest absolute Gasteiger partial charge is 0.306 e. The first-order valence-electron chi connectivity index (χ1n) is 14.1. The predicted molar refractivity (Wildman–Crippen MR) is 158 cm³/mol. The van der Waals surface area contributed by atoms with Gasteiger partial charge in [-0.3, -0.25) is 19.2 Å². The van der Waals surface area contributed by atoms with E-state index in [4.69, 9.17) is 29.2 Å². The Bertz CT molecular complexity index is 1640. The van der Waals surface area contributed by atoms with Crippen molar-refractivity contribution < 1.29 is 57.1 Å². The molecule has 1 aromatic heterocycles. The summed E-state index contributed by atoms with van der Waals surface area (Å²) in [5.41, 5.74) is 0.800. The number of hydrogen-bond acceptors (Lipinski definition) is 9. The summed E-state index contributed by atoms with van der Waals surface area (Å²) in [5.74, 6) is -6.17. The summed E-state index contributed by atoms with van der Waals surface area (Å²) in [5, 5.41) is 18.6. The fourth-order valence-electron chi connectivity index (χ4n) is 4.84. The van der Waals surface area contributed by atoms with Crippen molar-refractivity contribution in [1.29, 1.82) is 0 Å². The Morgan fingerprint density at radius 2 is 1.44 bits per heavy atom. The number of ether oxygens (including phenoxy) is 4. The van der Waals surface area contributed by atoms with Crippen LogP contribution < -0.4 is 18.9 Å². The molecule has 45 heavy (non-hydrogen) atoms. The third-order valence-electron chi connectivity index (χ3n) is 7.42. The summed E-state index contributed by atoms with van der Waals surface area (Å²) >= 11 is 0.911. The van der Waals surface area contributed by atoms with Crippen LogP contribution in [0, 0.1) is 23.5 Å². The molecule has 2 N–H and O–H groups in total. The Kier molecular flexibility index (Phi) is 10.5. The number of rotatable bonds is 15. The van der Waals surface area contributed by atoms with E-state index in [1.165, 1.54) is 45.1 Å². The number of aliphatic carboxylic acids is 2. The van der Waals surface area contributed by atoms with Crippen LogP contribution in [0.3, 0.4) is 0 Å². The van der Waals surface area contributed by atoms with Gasteiger partial charge >= 0.3 is 11.9 Å². The van der Waals surface area contributed by atoms with Gasteiger partial charge < -0.3 is 34.1 Å². The molecule has 2 unspecified atom stereocenters. The van der Waals surface area contributed by atoms with Crippen molar-refractivity contribution in [3.05, 3.63) is 45.8 Å². The van der Waals surface area contributed by atoms with Crippen LogP contribution in [0.2, 0.25) is 0 Å². The molecule has 0 fully saturated rings. The predicted octanol–water partition coefficient (Wildman–Crippen LogP) is 5.29. The van der Waals surface area contributed by atoms with Crippen molar-refractivity contribution in [2.24, 2.45) is 11.8 Å². The Morgan fingerprint density at radius 3 is 2.04 bits per heavy atom. The maximum atomic E-state index is 15.3. The van der Waals surface area contributed by atoms with E-state index in [1.807, 2.05) is 0 Å². The van der Waals surface area contributed by atoms with Gasteiger partial charge in [0.1, 0.15) is 0 Å². The van der Waals surface area contributed by atoms with E-state index in [1.54, 1.807) is 6.07 Å². The van der Waals surface area contributed by atoms with E-state index in [9.17, 15) is 19.2 Å². The van der Waals surface area contributed by atoms with Crippen LogP contribution in [0.15, 0.2) is 18.2 Å². The van der Waals surface area contributed by atoms with E-state index in [2.05, 4.69) is 0 Å². The van der Waals surface area contributed by atoms with Crippen LogP contribution in [0.4, 0.5) is 8.78 Å². The number of carboxylic acids is 2. The molecule has 0 saturated heterocycles. The van der Waals surface area contributed by atoms with Gasteiger partial charge in [-0.2, -0.15) is 0 Å². The van der Waals surface area contributed by atoms with E-state index < -0.39 is 47.1 Å². The molecule has 2 aromatic carbocycles. The molecule has 2 atom stereocenters. The van der Waals surface area contributed by atoms with Gasteiger partial charge in [-0.15, -0.1) is 11.3 Å². The minimum absolute atomic E-state index is 0.0131. The zero-order valence-corrected chi connectivity index (χ0v) is 25.9. The summed E-state index contributed by atoms with van der Waals surface area (Å²) in [7, 11) is 2.57. The second-order valence-corrected chi connectivity index (χ2v) is 11.8. The average molecular weight is 650 g/mol. The lowest BCUT2D eigenvalue weighted by Gasteiger charge is -2.16. The highest BCUT2D eigenvalue weighted by Gasteiger charge is 2.31. The highest BCUT2D eigenvalue weighted by Crippen LogP contribution is 2.41. The summed E-state index contributed by atoms with van der Waals surface area (Å²) in [6, 6.07) is 4.62. The average Bonchev–Trinajstić information content (AvgIpc) is 3.62. The molecular formula is C31H33F2NO10S. The summed E-state index contributed by atoms with van der Waals surface area (Å²) in [6.45, 7) is 3.07. The maximum absolute atomic E-state index is 15.3. The van der Waals surface area contributed by atoms with Gasteiger partial charge in [-0.05, 0) is 23.8 Å². The molecule has 1 amide bonds. The van der Waals surface area contributed by atoms with Crippen LogP contribution in [-0.2, 0) is 27.5 Å². The van der Waals surface area contributed by atoms with Crippen LogP contribution >= 0.6 is 11.3 Å². The van der Waals surface area contributed by atoms with Crippen molar-refractivity contribution in [2.45, 2.75) is 46.2 Å². The van der Waals surface area contributed by atoms with Crippen LogP contribution in [0.25, 0.3) is 10.1 Å². The fourth-order valence-corrected chi connectivity index (χ4v) is 5.86. The number of nitrogens with zero attached hydrogens (tertiary/aromatic N) is 1. The highest BCUT2D eigenvalue weighted by molar-refractivity contribution is 7.20. The molecular weight excluding hydrogens is 616 g/mol. The zero-order valence-electron chi connectivity index (χ0n) is 25.1. The molecule has 0 aliphatic carbocycles. The zero-order chi connectivity index (χ0) is 33.0. The van der Waals surface area contributed by atoms with Crippen LogP contribution in [0.5, 0.6) is 23.0 Å². The van der Waals surface area contributed by atoms with Gasteiger partial charge in [0.2, 0.25) is 5.91 Å². The first-order valence-corrected chi connectivity index (χ1v) is 14.9. The Labute approximate surface area is 261 Å². The Balaban J connectivity index is 1.40. The van der Waals surface area contributed by atoms with Crippen LogP contribution in [0.1, 0.15) is 53.9 Å². The molecule has 11 nitrogen and oxygen atoms in total. The normalized spacial score (nSPS) is 13.7. The highest BCUT2D eigenvalue weighted by atomic mass is 32.1. The Morgan fingerprint density at radius 1 is 0.867 bits per heavy atom. The largest absolute Gasteiger partial charge is 0.490 e. The molecule has 0 bridgehead atoms. The number of methoxy groups -OCH3 is 2. The molecule has 1 aliphatic heterocycles. The number of Topliss-reactive ketones (excluding diaryl/α,β-unsaturated/α-hetero) is 1. The Hall–Kier alpha value is -4.46. The van der Waals surface area contributed by atoms with E-state index in [0.717, 1.165) is 11.3 Å². The van der Waals surface area contributed by atoms with E-state index in [-0.39, 0.29) is 77.3 Å². The third-order valence-corrected chi connectivity index (χ3v) is 8.60. The number of hydrogen-bond donors (Lipinski definition) is 2. The molecule has 0 saturated carbocycles. The number of carboxylic acid groups (broad SMARTS) is 2. The van der Waals surface area contributed by atoms with Gasteiger partial charge in [-0.25, -0.2) is 8.78 Å². The third kappa shape index (κ3) is 7.27.